The smallest absolute Gasteiger partial charge is 0.227 e. The molecule has 0 saturated heterocycles. The van der Waals surface area contributed by atoms with Crippen LogP contribution in [0.15, 0.2) is 66.7 Å². The molecule has 0 spiro atoms. The minimum absolute atomic E-state index is 0.0764. The first-order valence-electron chi connectivity index (χ1n) is 10.7. The molecule has 0 aliphatic carbocycles. The average Bonchev–Trinajstić information content (AvgIpc) is 2.80. The van der Waals surface area contributed by atoms with Crippen LogP contribution in [0.25, 0.3) is 22.5 Å². The van der Waals surface area contributed by atoms with E-state index < -0.39 is 0 Å². The molecule has 1 aromatic heterocycles. The lowest BCUT2D eigenvalue weighted by atomic mass is 9.98. The lowest BCUT2D eigenvalue weighted by Gasteiger charge is -2.15. The first kappa shape index (κ1) is 21.6. The minimum atomic E-state index is 0.0764. The number of rotatable bonds is 9. The number of amides is 1. The number of hydrogen-bond acceptors (Lipinski definition) is 3. The molecule has 2 aromatic carbocycles. The molecule has 0 aliphatic rings. The van der Waals surface area contributed by atoms with E-state index in [1.54, 1.807) is 7.11 Å². The van der Waals surface area contributed by atoms with Gasteiger partial charge in [0.05, 0.1) is 18.5 Å². The van der Waals surface area contributed by atoms with Crippen LogP contribution in [0.4, 0.5) is 5.69 Å². The van der Waals surface area contributed by atoms with Gasteiger partial charge in [-0.1, -0.05) is 44.9 Å². The van der Waals surface area contributed by atoms with Crippen molar-refractivity contribution >= 4 is 11.6 Å². The first-order valence-corrected chi connectivity index (χ1v) is 10.7. The summed E-state index contributed by atoms with van der Waals surface area (Å²) in [6, 6.07) is 21.8. The molecule has 0 saturated carbocycles. The molecule has 4 heteroatoms. The summed E-state index contributed by atoms with van der Waals surface area (Å²) < 4.78 is 5.23. The second-order valence-electron chi connectivity index (χ2n) is 7.45. The van der Waals surface area contributed by atoms with Crippen molar-refractivity contribution in [2.75, 3.05) is 12.4 Å². The number of aromatic nitrogens is 1. The van der Waals surface area contributed by atoms with Crippen LogP contribution in [0.3, 0.4) is 0 Å². The summed E-state index contributed by atoms with van der Waals surface area (Å²) in [6.07, 6.45) is 4.01. The van der Waals surface area contributed by atoms with Crippen LogP contribution in [-0.2, 0) is 4.79 Å². The van der Waals surface area contributed by atoms with Gasteiger partial charge in [-0.25, -0.2) is 4.98 Å². The standard InChI is InChI=1S/C26H30N2O2/c1-4-6-8-19(5-2)26(29)27-22-15-11-20(12-16-22)24-9-7-10-25(28-24)21-13-17-23(30-3)18-14-21/h7,9-19H,4-6,8H2,1-3H3,(H,27,29)/t19-/m1/s1. The molecule has 0 unspecified atom stereocenters. The van der Waals surface area contributed by atoms with E-state index in [1.807, 2.05) is 66.7 Å². The Morgan fingerprint density at radius 3 is 2.07 bits per heavy atom. The maximum absolute atomic E-state index is 12.5. The third-order valence-electron chi connectivity index (χ3n) is 5.35. The van der Waals surface area contributed by atoms with Gasteiger partial charge in [0.15, 0.2) is 0 Å². The van der Waals surface area contributed by atoms with E-state index in [1.165, 1.54) is 0 Å². The van der Waals surface area contributed by atoms with Crippen LogP contribution >= 0.6 is 0 Å². The number of carbonyl (C=O) groups is 1. The Morgan fingerprint density at radius 2 is 1.53 bits per heavy atom. The highest BCUT2D eigenvalue weighted by atomic mass is 16.5. The number of nitrogens with zero attached hydrogens (tertiary/aromatic N) is 1. The Bertz CT molecular complexity index is 950. The Labute approximate surface area is 179 Å². The Morgan fingerprint density at radius 1 is 0.933 bits per heavy atom. The monoisotopic (exact) mass is 402 g/mol. The van der Waals surface area contributed by atoms with Crippen molar-refractivity contribution < 1.29 is 9.53 Å². The Hall–Kier alpha value is -3.14. The van der Waals surface area contributed by atoms with E-state index in [-0.39, 0.29) is 11.8 Å². The van der Waals surface area contributed by atoms with E-state index in [4.69, 9.17) is 9.72 Å². The van der Waals surface area contributed by atoms with E-state index >= 15 is 0 Å². The fourth-order valence-corrected chi connectivity index (χ4v) is 3.46. The number of ether oxygens (including phenoxy) is 1. The summed E-state index contributed by atoms with van der Waals surface area (Å²) in [6.45, 7) is 4.23. The van der Waals surface area contributed by atoms with Gasteiger partial charge < -0.3 is 10.1 Å². The van der Waals surface area contributed by atoms with Gasteiger partial charge in [0.1, 0.15) is 5.75 Å². The zero-order valence-corrected chi connectivity index (χ0v) is 18.0. The molecule has 0 fully saturated rings. The summed E-state index contributed by atoms with van der Waals surface area (Å²) >= 11 is 0. The number of pyridine rings is 1. The number of benzene rings is 2. The predicted molar refractivity (Wildman–Crippen MR) is 124 cm³/mol. The van der Waals surface area contributed by atoms with E-state index in [0.29, 0.717) is 0 Å². The van der Waals surface area contributed by atoms with Crippen LogP contribution in [0, 0.1) is 5.92 Å². The fraction of sp³-hybridized carbons (Fsp3) is 0.308. The van der Waals surface area contributed by atoms with Gasteiger partial charge in [-0.3, -0.25) is 4.79 Å². The molecule has 156 valence electrons. The number of methoxy groups -OCH3 is 1. The molecule has 1 N–H and O–H groups in total. The zero-order chi connectivity index (χ0) is 21.3. The number of unbranched alkanes of at least 4 members (excludes halogenated alkanes) is 1. The fourth-order valence-electron chi connectivity index (χ4n) is 3.46. The average molecular weight is 403 g/mol. The molecule has 1 amide bonds. The lowest BCUT2D eigenvalue weighted by molar-refractivity contribution is -0.120. The quantitative estimate of drug-likeness (QED) is 0.440. The van der Waals surface area contributed by atoms with Gasteiger partial charge in [0.25, 0.3) is 0 Å². The van der Waals surface area contributed by atoms with Crippen molar-refractivity contribution in [3.05, 3.63) is 66.7 Å². The molecule has 0 aliphatic heterocycles. The van der Waals surface area contributed by atoms with Crippen LogP contribution in [-0.4, -0.2) is 18.0 Å². The molecular weight excluding hydrogens is 372 g/mol. The summed E-state index contributed by atoms with van der Waals surface area (Å²) in [5.74, 6) is 1.01. The third-order valence-corrected chi connectivity index (χ3v) is 5.35. The number of hydrogen-bond donors (Lipinski definition) is 1. The van der Waals surface area contributed by atoms with Crippen LogP contribution in [0.1, 0.15) is 39.5 Å². The van der Waals surface area contributed by atoms with Crippen molar-refractivity contribution in [1.29, 1.82) is 0 Å². The van der Waals surface area contributed by atoms with Crippen molar-refractivity contribution in [3.8, 4) is 28.3 Å². The van der Waals surface area contributed by atoms with Gasteiger partial charge in [0.2, 0.25) is 5.91 Å². The van der Waals surface area contributed by atoms with Crippen molar-refractivity contribution in [2.45, 2.75) is 39.5 Å². The van der Waals surface area contributed by atoms with Crippen LogP contribution < -0.4 is 10.1 Å². The van der Waals surface area contributed by atoms with E-state index in [0.717, 1.165) is 59.6 Å². The van der Waals surface area contributed by atoms with E-state index in [2.05, 4.69) is 19.2 Å². The number of carbonyl (C=O) groups excluding carboxylic acids is 1. The number of nitrogens with one attached hydrogen (secondary N) is 1. The van der Waals surface area contributed by atoms with Crippen molar-refractivity contribution in [1.82, 2.24) is 4.98 Å². The largest absolute Gasteiger partial charge is 0.497 e. The Balaban J connectivity index is 1.72. The van der Waals surface area contributed by atoms with Gasteiger partial charge in [-0.15, -0.1) is 0 Å². The topological polar surface area (TPSA) is 51.2 Å². The SMILES string of the molecule is CCCC[C@@H](CC)C(=O)Nc1ccc(-c2cccc(-c3ccc(OC)cc3)n2)cc1. The van der Waals surface area contributed by atoms with E-state index in [9.17, 15) is 4.79 Å². The molecular formula is C26H30N2O2. The number of anilines is 1. The Kier molecular flexibility index (Phi) is 7.61. The van der Waals surface area contributed by atoms with Crippen molar-refractivity contribution in [2.24, 2.45) is 5.92 Å². The summed E-state index contributed by atoms with van der Waals surface area (Å²) in [4.78, 5) is 17.3. The van der Waals surface area contributed by atoms with Gasteiger partial charge in [-0.05, 0) is 61.4 Å². The highest BCUT2D eigenvalue weighted by Crippen LogP contribution is 2.25. The van der Waals surface area contributed by atoms with Crippen molar-refractivity contribution in [3.63, 3.8) is 0 Å². The molecule has 4 nitrogen and oxygen atoms in total. The highest BCUT2D eigenvalue weighted by Gasteiger charge is 2.15. The van der Waals surface area contributed by atoms with Gasteiger partial charge in [-0.2, -0.15) is 0 Å². The first-order chi connectivity index (χ1) is 14.6. The highest BCUT2D eigenvalue weighted by molar-refractivity contribution is 5.92. The molecule has 1 atom stereocenters. The third kappa shape index (κ3) is 5.47. The lowest BCUT2D eigenvalue weighted by Crippen LogP contribution is -2.22. The normalized spacial score (nSPS) is 11.7. The summed E-state index contributed by atoms with van der Waals surface area (Å²) in [7, 11) is 1.66. The van der Waals surface area contributed by atoms with Crippen LogP contribution in [0.5, 0.6) is 5.75 Å². The van der Waals surface area contributed by atoms with Gasteiger partial charge in [0, 0.05) is 22.7 Å². The maximum atomic E-state index is 12.5. The second-order valence-corrected chi connectivity index (χ2v) is 7.45. The molecule has 3 rings (SSSR count). The zero-order valence-electron chi connectivity index (χ0n) is 18.0. The van der Waals surface area contributed by atoms with Gasteiger partial charge >= 0.3 is 0 Å². The van der Waals surface area contributed by atoms with Crippen LogP contribution in [0.2, 0.25) is 0 Å². The molecule has 30 heavy (non-hydrogen) atoms. The summed E-state index contributed by atoms with van der Waals surface area (Å²) in [5.41, 5.74) is 4.69. The molecule has 3 aromatic rings. The maximum Gasteiger partial charge on any atom is 0.227 e. The predicted octanol–water partition coefficient (Wildman–Crippen LogP) is 6.58. The minimum Gasteiger partial charge on any atom is -0.497 e. The molecule has 0 bridgehead atoms. The summed E-state index contributed by atoms with van der Waals surface area (Å²) in [5, 5.41) is 3.06. The molecule has 1 heterocycles. The molecule has 0 radical (unpaired) electrons. The second kappa shape index (κ2) is 10.6.